The van der Waals surface area contributed by atoms with E-state index in [0.29, 0.717) is 58.4 Å². The van der Waals surface area contributed by atoms with Gasteiger partial charge < -0.3 is 35.2 Å². The smallest absolute Gasteiger partial charge is 0.378 e. The number of fused-ring (bicyclic) bond motifs is 2. The lowest BCUT2D eigenvalue weighted by atomic mass is 9.92. The zero-order valence-electron chi connectivity index (χ0n) is 52.6. The van der Waals surface area contributed by atoms with E-state index in [4.69, 9.17) is 18.5 Å². The lowest BCUT2D eigenvalue weighted by molar-refractivity contribution is -0.669. The van der Waals surface area contributed by atoms with Crippen LogP contribution in [0.5, 0.6) is 0 Å². The van der Waals surface area contributed by atoms with Crippen molar-refractivity contribution in [2.75, 3.05) is 64.9 Å². The molecular formula is C68H87N8O11PS2+2. The van der Waals surface area contributed by atoms with Crippen LogP contribution in [0.4, 0.5) is 5.69 Å². The molecule has 4 aromatic carbocycles. The van der Waals surface area contributed by atoms with E-state index < -0.39 is 55.9 Å². The van der Waals surface area contributed by atoms with Gasteiger partial charge in [0.05, 0.1) is 36.9 Å². The van der Waals surface area contributed by atoms with E-state index in [1.54, 1.807) is 36.5 Å². The molecule has 6 aromatic rings. The van der Waals surface area contributed by atoms with Gasteiger partial charge in [0.2, 0.25) is 34.7 Å². The molecule has 4 heterocycles. The van der Waals surface area contributed by atoms with Crippen molar-refractivity contribution in [1.29, 1.82) is 0 Å². The summed E-state index contributed by atoms with van der Waals surface area (Å²) in [5.41, 5.74) is 7.01. The van der Waals surface area contributed by atoms with Crippen molar-refractivity contribution in [3.8, 4) is 0 Å². The number of ether oxygens (including phenoxy) is 2. The number of thiazole rings is 2. The van der Waals surface area contributed by atoms with Crippen LogP contribution in [-0.4, -0.2) is 130 Å². The number of carbonyl (C=O) groups is 5. The van der Waals surface area contributed by atoms with Crippen molar-refractivity contribution in [3.63, 3.8) is 0 Å². The molecule has 480 valence electrons. The Morgan fingerprint density at radius 3 is 1.79 bits per heavy atom. The molecule has 5 amide bonds. The summed E-state index contributed by atoms with van der Waals surface area (Å²) in [6.07, 6.45) is 13.6. The number of phosphoric acid groups is 1. The monoisotopic (exact) mass is 1290 g/mol. The van der Waals surface area contributed by atoms with Gasteiger partial charge in [-0.25, -0.2) is 4.57 Å². The van der Waals surface area contributed by atoms with Crippen LogP contribution >= 0.6 is 30.5 Å². The van der Waals surface area contributed by atoms with Crippen LogP contribution in [-0.2, 0) is 60.1 Å². The fourth-order valence-corrected chi connectivity index (χ4v) is 13.8. The highest BCUT2D eigenvalue weighted by atomic mass is 32.1. The first kappa shape index (κ1) is 68.9. The Morgan fingerprint density at radius 1 is 0.722 bits per heavy atom. The second-order valence-corrected chi connectivity index (χ2v) is 26.8. The van der Waals surface area contributed by atoms with Gasteiger partial charge in [-0.05, 0) is 101 Å². The number of unbranched alkanes of at least 4 members (excludes halogenated alkanes) is 2. The molecule has 1 saturated heterocycles. The van der Waals surface area contributed by atoms with Crippen molar-refractivity contribution in [2.24, 2.45) is 5.92 Å². The maximum Gasteiger partial charge on any atom is 0.472 e. The fourth-order valence-electron chi connectivity index (χ4n) is 10.7. The third kappa shape index (κ3) is 21.0. The Kier molecular flexibility index (Phi) is 25.9. The zero-order chi connectivity index (χ0) is 64.2. The number of carbonyl (C=O) groups excluding carboxylic acids is 5. The highest BCUT2D eigenvalue weighted by Gasteiger charge is 2.45. The largest absolute Gasteiger partial charge is 0.472 e. The van der Waals surface area contributed by atoms with E-state index in [1.807, 2.05) is 27.9 Å². The number of phosphoric ester groups is 1. The SMILES string of the molecule is Cc1ccc(/C=C/c2sc3ccccc3[n+]2CCCCC(=O)NCCN(CCNC(=O)/C=C/C2=CC([C@H]3CC(OC(C)C)[C@@H](COP(=O)(O)OC(C)C)O3)C(=O)NC2=O)CCNC(=O)CCCC[n+]2c(/C=C/c3ccc(N(C)C)cc3)sc3ccccc32)cc1. The summed E-state index contributed by atoms with van der Waals surface area (Å²) in [4.78, 5) is 80.5. The normalized spacial score (nSPS) is 17.8. The van der Waals surface area contributed by atoms with Gasteiger partial charge in [0, 0.05) is 127 Å². The van der Waals surface area contributed by atoms with Crippen molar-refractivity contribution >= 4 is 110 Å². The highest BCUT2D eigenvalue weighted by Crippen LogP contribution is 2.45. The molecule has 90 heavy (non-hydrogen) atoms. The van der Waals surface area contributed by atoms with Gasteiger partial charge in [-0.3, -0.25) is 43.2 Å². The molecule has 1 fully saturated rings. The van der Waals surface area contributed by atoms with Gasteiger partial charge in [0.25, 0.3) is 15.9 Å². The molecule has 22 heteroatoms. The number of para-hydroxylation sites is 2. The van der Waals surface area contributed by atoms with Crippen LogP contribution in [0.2, 0.25) is 0 Å². The molecule has 0 bridgehead atoms. The van der Waals surface area contributed by atoms with Crippen molar-refractivity contribution in [1.82, 2.24) is 26.2 Å². The minimum absolute atomic E-state index is 0.0551. The van der Waals surface area contributed by atoms with Gasteiger partial charge in [-0.2, -0.15) is 9.13 Å². The van der Waals surface area contributed by atoms with E-state index >= 15 is 0 Å². The maximum atomic E-state index is 13.3. The number of hydrogen-bond donors (Lipinski definition) is 5. The van der Waals surface area contributed by atoms with Crippen molar-refractivity contribution < 1.29 is 61.1 Å². The Labute approximate surface area is 536 Å². The van der Waals surface area contributed by atoms with Gasteiger partial charge in [-0.15, -0.1) is 0 Å². The van der Waals surface area contributed by atoms with Gasteiger partial charge >= 0.3 is 7.82 Å². The molecule has 8 rings (SSSR count). The first-order valence-corrected chi connectivity index (χ1v) is 34.2. The van der Waals surface area contributed by atoms with Crippen molar-refractivity contribution in [2.45, 2.75) is 123 Å². The van der Waals surface area contributed by atoms with Crippen LogP contribution in [0.25, 0.3) is 44.7 Å². The highest BCUT2D eigenvalue weighted by molar-refractivity contribution is 7.47. The predicted octanol–water partition coefficient (Wildman–Crippen LogP) is 9.35. The molecule has 0 spiro atoms. The van der Waals surface area contributed by atoms with Crippen LogP contribution in [0, 0.1) is 12.8 Å². The van der Waals surface area contributed by atoms with Gasteiger partial charge in [-0.1, -0.05) is 95.0 Å². The molecular weight excluding hydrogens is 1200 g/mol. The number of rotatable bonds is 34. The van der Waals surface area contributed by atoms with Crippen molar-refractivity contribution in [3.05, 3.63) is 148 Å². The summed E-state index contributed by atoms with van der Waals surface area (Å²) in [5.74, 6) is -2.82. The molecule has 0 aliphatic carbocycles. The lowest BCUT2D eigenvalue weighted by Crippen LogP contribution is -2.44. The van der Waals surface area contributed by atoms with Crippen LogP contribution < -0.4 is 35.3 Å². The topological polar surface area (TPSA) is 222 Å². The van der Waals surface area contributed by atoms with E-state index in [1.165, 1.54) is 38.7 Å². The lowest BCUT2D eigenvalue weighted by Gasteiger charge is -2.24. The number of aromatic nitrogens is 2. The fraction of sp³-hybridized carbons (Fsp3) is 0.426. The number of nitrogens with one attached hydrogen (secondary N) is 4. The van der Waals surface area contributed by atoms with Crippen LogP contribution in [0.1, 0.15) is 99.3 Å². The molecule has 2 aliphatic rings. The van der Waals surface area contributed by atoms with Gasteiger partial charge in [0.15, 0.2) is 13.1 Å². The quantitative estimate of drug-likeness (QED) is 0.00837. The summed E-state index contributed by atoms with van der Waals surface area (Å²) >= 11 is 3.49. The number of benzene rings is 4. The molecule has 0 saturated carbocycles. The molecule has 3 unspecified atom stereocenters. The number of anilines is 1. The second kappa shape index (κ2) is 33.9. The molecule has 19 nitrogen and oxygen atoms in total. The summed E-state index contributed by atoms with van der Waals surface area (Å²) in [5, 5.41) is 13.7. The maximum absolute atomic E-state index is 13.3. The number of imide groups is 1. The van der Waals surface area contributed by atoms with Crippen LogP contribution in [0.3, 0.4) is 0 Å². The van der Waals surface area contributed by atoms with E-state index in [9.17, 15) is 33.4 Å². The minimum Gasteiger partial charge on any atom is -0.378 e. The molecule has 0 radical (unpaired) electrons. The Balaban J connectivity index is 0.838. The van der Waals surface area contributed by atoms with Gasteiger partial charge in [0.1, 0.15) is 15.5 Å². The van der Waals surface area contributed by atoms with Crippen LogP contribution in [0.15, 0.2) is 121 Å². The summed E-state index contributed by atoms with van der Waals surface area (Å²) in [7, 11) is -0.347. The van der Waals surface area contributed by atoms with E-state index in [0.717, 1.165) is 58.3 Å². The Morgan fingerprint density at radius 2 is 1.26 bits per heavy atom. The zero-order valence-corrected chi connectivity index (χ0v) is 55.2. The standard InChI is InChI=1S/C68H85N8O11PS2/c1-47(2)85-58-45-57(86-59(58)46-84-88(82,83)87-48(3)4)54-44-52(67(80)72-68(54)81)30-33-64(79)71-38-43-74(41-36-69-62(77)20-12-14-39-75-55-16-8-10-18-60(55)89-65(75)34-28-50-24-22-49(5)23-25-50)42-37-70-63(78)21-13-15-40-76-56-17-9-11-19-61(56)90-66(76)35-29-51-26-31-53(32-27-51)73(6)7/h8-11,16-19,22-35,44,47-48,54,57-59H,12-15,20-21,36-43,45-46H2,1-7H3,(H3-2,69,70,71,72,77,78,79,80,81,82,83)/p+2/b33-30+,34-28+/t54?,57-,58?,59-/m1/s1. The first-order valence-electron chi connectivity index (χ1n) is 31.1. The summed E-state index contributed by atoms with van der Waals surface area (Å²) in [6, 6.07) is 33.7. The van der Waals surface area contributed by atoms with E-state index in [-0.39, 0.29) is 43.1 Å². The number of aryl methyl sites for hydroxylation is 3. The number of hydrogen-bond acceptors (Lipinski definition) is 14. The van der Waals surface area contributed by atoms with E-state index in [2.05, 4.69) is 168 Å². The number of amides is 5. The Hall–Kier alpha value is -7.04. The molecule has 5 N–H and O–H groups in total. The number of nitrogens with zero attached hydrogens (tertiary/aromatic N) is 4. The predicted molar refractivity (Wildman–Crippen MR) is 356 cm³/mol. The minimum atomic E-state index is -4.40. The average Bonchev–Trinajstić information content (AvgIpc) is 1.81. The second-order valence-electron chi connectivity index (χ2n) is 23.3. The average molecular weight is 1290 g/mol. The first-order chi connectivity index (χ1) is 43.3. The summed E-state index contributed by atoms with van der Waals surface area (Å²) in [6.45, 7) is 12.3. The molecule has 2 aliphatic heterocycles. The molecule has 5 atom stereocenters. The third-order valence-electron chi connectivity index (χ3n) is 15.3. The summed E-state index contributed by atoms with van der Waals surface area (Å²) < 4.78 is 42.0. The Bertz CT molecular complexity index is 3580. The third-order valence-corrected chi connectivity index (χ3v) is 18.7. The molecule has 2 aromatic heterocycles.